The molecule has 112 valence electrons. The summed E-state index contributed by atoms with van der Waals surface area (Å²) in [7, 11) is -3.86. The Bertz CT molecular complexity index is 773. The van der Waals surface area contributed by atoms with Gasteiger partial charge in [-0.05, 0) is 49.2 Å². The van der Waals surface area contributed by atoms with Gasteiger partial charge in [-0.15, -0.1) is 0 Å². The molecule has 0 amide bonds. The SMILES string of the molecule is Cc1cccc(NS(=O)(=O)c2cc(CN)cc(F)c2C)c1. The van der Waals surface area contributed by atoms with Gasteiger partial charge in [0.15, 0.2) is 0 Å². The minimum atomic E-state index is -3.86. The molecule has 3 N–H and O–H groups in total. The second-order valence-electron chi connectivity index (χ2n) is 4.88. The zero-order valence-electron chi connectivity index (χ0n) is 11.9. The lowest BCUT2D eigenvalue weighted by atomic mass is 10.1. The smallest absolute Gasteiger partial charge is 0.262 e. The summed E-state index contributed by atoms with van der Waals surface area (Å²) in [4.78, 5) is -0.0931. The third-order valence-electron chi connectivity index (χ3n) is 3.15. The van der Waals surface area contributed by atoms with Gasteiger partial charge in [0.1, 0.15) is 5.82 Å². The van der Waals surface area contributed by atoms with E-state index in [9.17, 15) is 12.8 Å². The van der Waals surface area contributed by atoms with Gasteiger partial charge in [-0.3, -0.25) is 4.72 Å². The Labute approximate surface area is 123 Å². The van der Waals surface area contributed by atoms with Crippen LogP contribution in [-0.2, 0) is 16.6 Å². The standard InChI is InChI=1S/C15H17FN2O2S/c1-10-4-3-5-13(6-10)18-21(19,20)15-8-12(9-17)7-14(16)11(15)2/h3-8,18H,9,17H2,1-2H3. The van der Waals surface area contributed by atoms with E-state index in [-0.39, 0.29) is 17.0 Å². The maximum Gasteiger partial charge on any atom is 0.262 e. The molecule has 21 heavy (non-hydrogen) atoms. The quantitative estimate of drug-likeness (QED) is 0.912. The van der Waals surface area contributed by atoms with Crippen LogP contribution in [0.25, 0.3) is 0 Å². The predicted octanol–water partition coefficient (Wildman–Crippen LogP) is 2.70. The summed E-state index contributed by atoms with van der Waals surface area (Å²) in [5, 5.41) is 0. The molecule has 0 spiro atoms. The summed E-state index contributed by atoms with van der Waals surface area (Å²) in [5.41, 5.74) is 7.34. The molecule has 0 fully saturated rings. The van der Waals surface area contributed by atoms with E-state index in [1.807, 2.05) is 13.0 Å². The molecule has 2 aromatic carbocycles. The molecule has 0 saturated carbocycles. The van der Waals surface area contributed by atoms with Crippen LogP contribution in [0.4, 0.5) is 10.1 Å². The van der Waals surface area contributed by atoms with Crippen LogP contribution in [0.15, 0.2) is 41.3 Å². The van der Waals surface area contributed by atoms with Crippen LogP contribution in [0.3, 0.4) is 0 Å². The lowest BCUT2D eigenvalue weighted by Crippen LogP contribution is -2.16. The maximum absolute atomic E-state index is 13.8. The van der Waals surface area contributed by atoms with Crippen molar-refractivity contribution in [2.24, 2.45) is 5.73 Å². The number of halogens is 1. The van der Waals surface area contributed by atoms with Crippen molar-refractivity contribution >= 4 is 15.7 Å². The highest BCUT2D eigenvalue weighted by Crippen LogP contribution is 2.23. The molecular formula is C15H17FN2O2S. The molecule has 0 atom stereocenters. The Morgan fingerprint density at radius 1 is 1.19 bits per heavy atom. The molecular weight excluding hydrogens is 291 g/mol. The summed E-state index contributed by atoms with van der Waals surface area (Å²) in [6, 6.07) is 9.60. The van der Waals surface area contributed by atoms with Crippen LogP contribution in [0, 0.1) is 19.7 Å². The van der Waals surface area contributed by atoms with Gasteiger partial charge in [-0.1, -0.05) is 12.1 Å². The summed E-state index contributed by atoms with van der Waals surface area (Å²) in [6.45, 7) is 3.36. The summed E-state index contributed by atoms with van der Waals surface area (Å²) in [5.74, 6) is -0.581. The first-order valence-corrected chi connectivity index (χ1v) is 7.90. The summed E-state index contributed by atoms with van der Waals surface area (Å²) in [6.07, 6.45) is 0. The highest BCUT2D eigenvalue weighted by Gasteiger charge is 2.20. The summed E-state index contributed by atoms with van der Waals surface area (Å²) < 4.78 is 41.1. The fourth-order valence-electron chi connectivity index (χ4n) is 2.02. The molecule has 0 bridgehead atoms. The highest BCUT2D eigenvalue weighted by molar-refractivity contribution is 7.92. The largest absolute Gasteiger partial charge is 0.326 e. The van der Waals surface area contributed by atoms with Gasteiger partial charge in [0.25, 0.3) is 10.0 Å². The lowest BCUT2D eigenvalue weighted by Gasteiger charge is -2.12. The summed E-state index contributed by atoms with van der Waals surface area (Å²) >= 11 is 0. The number of nitrogens with two attached hydrogens (primary N) is 1. The molecule has 0 aliphatic heterocycles. The first-order chi connectivity index (χ1) is 9.83. The van der Waals surface area contributed by atoms with Crippen molar-refractivity contribution in [1.82, 2.24) is 0 Å². The Morgan fingerprint density at radius 2 is 1.90 bits per heavy atom. The molecule has 0 saturated heterocycles. The van der Waals surface area contributed by atoms with E-state index in [0.717, 1.165) is 5.56 Å². The average Bonchev–Trinajstić information content (AvgIpc) is 2.41. The van der Waals surface area contributed by atoms with Crippen LogP contribution in [0.5, 0.6) is 0 Å². The Balaban J connectivity index is 2.47. The first-order valence-electron chi connectivity index (χ1n) is 6.42. The van der Waals surface area contributed by atoms with E-state index in [0.29, 0.717) is 11.3 Å². The topological polar surface area (TPSA) is 72.2 Å². The number of aryl methyl sites for hydroxylation is 1. The lowest BCUT2D eigenvalue weighted by molar-refractivity contribution is 0.589. The fourth-order valence-corrected chi connectivity index (χ4v) is 3.38. The van der Waals surface area contributed by atoms with Crippen molar-refractivity contribution in [2.75, 3.05) is 4.72 Å². The van der Waals surface area contributed by atoms with Gasteiger partial charge in [0.05, 0.1) is 4.90 Å². The van der Waals surface area contributed by atoms with Crippen molar-refractivity contribution in [2.45, 2.75) is 25.3 Å². The second kappa shape index (κ2) is 5.83. The van der Waals surface area contributed by atoms with Crippen molar-refractivity contribution in [3.8, 4) is 0 Å². The Kier molecular flexibility index (Phi) is 4.29. The number of sulfonamides is 1. The van der Waals surface area contributed by atoms with E-state index >= 15 is 0 Å². The fraction of sp³-hybridized carbons (Fsp3) is 0.200. The Morgan fingerprint density at radius 3 is 2.52 bits per heavy atom. The van der Waals surface area contributed by atoms with Crippen LogP contribution in [0.1, 0.15) is 16.7 Å². The Hall–Kier alpha value is -1.92. The molecule has 2 aromatic rings. The van der Waals surface area contributed by atoms with Gasteiger partial charge in [-0.2, -0.15) is 0 Å². The molecule has 0 unspecified atom stereocenters. The van der Waals surface area contributed by atoms with Gasteiger partial charge in [-0.25, -0.2) is 12.8 Å². The van der Waals surface area contributed by atoms with Crippen LogP contribution >= 0.6 is 0 Å². The normalized spacial score (nSPS) is 11.4. The number of benzene rings is 2. The van der Waals surface area contributed by atoms with Crippen molar-refractivity contribution < 1.29 is 12.8 Å². The minimum absolute atomic E-state index is 0.0736. The van der Waals surface area contributed by atoms with E-state index < -0.39 is 15.8 Å². The minimum Gasteiger partial charge on any atom is -0.326 e. The molecule has 0 radical (unpaired) electrons. The number of anilines is 1. The zero-order chi connectivity index (χ0) is 15.6. The highest BCUT2D eigenvalue weighted by atomic mass is 32.2. The van der Waals surface area contributed by atoms with Gasteiger partial charge in [0, 0.05) is 17.8 Å². The van der Waals surface area contributed by atoms with Gasteiger partial charge >= 0.3 is 0 Å². The van der Waals surface area contributed by atoms with E-state index in [2.05, 4.69) is 4.72 Å². The average molecular weight is 308 g/mol. The second-order valence-corrected chi connectivity index (χ2v) is 6.53. The van der Waals surface area contributed by atoms with Crippen molar-refractivity contribution in [3.05, 3.63) is 58.9 Å². The molecule has 0 aliphatic carbocycles. The van der Waals surface area contributed by atoms with Crippen molar-refractivity contribution in [3.63, 3.8) is 0 Å². The molecule has 4 nitrogen and oxygen atoms in total. The molecule has 6 heteroatoms. The van der Waals surface area contributed by atoms with Crippen LogP contribution in [0.2, 0.25) is 0 Å². The number of rotatable bonds is 4. The van der Waals surface area contributed by atoms with Gasteiger partial charge < -0.3 is 5.73 Å². The maximum atomic E-state index is 13.8. The first kappa shape index (κ1) is 15.5. The molecule has 0 heterocycles. The third-order valence-corrected chi connectivity index (χ3v) is 4.66. The number of nitrogens with one attached hydrogen (secondary N) is 1. The van der Waals surface area contributed by atoms with E-state index in [4.69, 9.17) is 5.73 Å². The van der Waals surface area contributed by atoms with Crippen LogP contribution < -0.4 is 10.5 Å². The third kappa shape index (κ3) is 3.40. The number of hydrogen-bond donors (Lipinski definition) is 2. The van der Waals surface area contributed by atoms with Crippen molar-refractivity contribution in [1.29, 1.82) is 0 Å². The van der Waals surface area contributed by atoms with E-state index in [1.54, 1.807) is 18.2 Å². The van der Waals surface area contributed by atoms with E-state index in [1.165, 1.54) is 19.1 Å². The van der Waals surface area contributed by atoms with Crippen LogP contribution in [-0.4, -0.2) is 8.42 Å². The number of hydrogen-bond acceptors (Lipinski definition) is 3. The molecule has 0 aromatic heterocycles. The molecule has 0 aliphatic rings. The predicted molar refractivity (Wildman–Crippen MR) is 81.0 cm³/mol. The monoisotopic (exact) mass is 308 g/mol. The molecule has 2 rings (SSSR count). The van der Waals surface area contributed by atoms with Gasteiger partial charge in [0.2, 0.25) is 0 Å². The zero-order valence-corrected chi connectivity index (χ0v) is 12.7.